The van der Waals surface area contributed by atoms with Crippen molar-refractivity contribution >= 4 is 22.4 Å². The molecule has 1 N–H and O–H groups in total. The second-order valence-corrected chi connectivity index (χ2v) is 6.99. The zero-order valence-electron chi connectivity index (χ0n) is 16.3. The van der Waals surface area contributed by atoms with Gasteiger partial charge in [0.15, 0.2) is 0 Å². The highest BCUT2D eigenvalue weighted by molar-refractivity contribution is 5.99. The lowest BCUT2D eigenvalue weighted by molar-refractivity contribution is -0.120. The summed E-state index contributed by atoms with van der Waals surface area (Å²) in [5, 5.41) is 6.52. The molecule has 0 aromatic heterocycles. The zero-order valence-corrected chi connectivity index (χ0v) is 16.3. The largest absolute Gasteiger partial charge is 0.273 e. The minimum Gasteiger partial charge on any atom is -0.273 e. The van der Waals surface area contributed by atoms with Crippen LogP contribution in [-0.4, -0.2) is 11.6 Å². The van der Waals surface area contributed by atoms with Crippen LogP contribution in [0, 0.1) is 0 Å². The number of carbonyl (C=O) groups excluding carboxylic acids is 1. The van der Waals surface area contributed by atoms with Gasteiger partial charge in [0, 0.05) is 0 Å². The molecule has 0 aliphatic heterocycles. The van der Waals surface area contributed by atoms with Crippen LogP contribution in [0.4, 0.5) is 0 Å². The Bertz CT molecular complexity index is 1160. The third-order valence-corrected chi connectivity index (χ3v) is 4.99. The maximum Gasteiger partial charge on any atom is 0.244 e. The predicted octanol–water partition coefficient (Wildman–Crippen LogP) is 5.59. The van der Waals surface area contributed by atoms with Gasteiger partial charge >= 0.3 is 0 Å². The number of nitrogens with zero attached hydrogens (tertiary/aromatic N) is 1. The van der Waals surface area contributed by atoms with E-state index in [1.807, 2.05) is 67.6 Å². The minimum absolute atomic E-state index is 0.124. The van der Waals surface area contributed by atoms with E-state index in [1.54, 1.807) is 0 Å². The van der Waals surface area contributed by atoms with Crippen molar-refractivity contribution in [2.45, 2.75) is 13.3 Å². The maximum atomic E-state index is 12.4. The molecule has 0 saturated heterocycles. The molecule has 0 fully saturated rings. The van der Waals surface area contributed by atoms with Crippen molar-refractivity contribution in [1.82, 2.24) is 5.43 Å². The average Bonchev–Trinajstić information content (AvgIpc) is 2.78. The first-order valence-electron chi connectivity index (χ1n) is 9.66. The highest BCUT2D eigenvalue weighted by atomic mass is 16.2. The van der Waals surface area contributed by atoms with E-state index in [9.17, 15) is 4.79 Å². The summed E-state index contributed by atoms with van der Waals surface area (Å²) < 4.78 is 0. The fourth-order valence-corrected chi connectivity index (χ4v) is 3.40. The van der Waals surface area contributed by atoms with E-state index in [-0.39, 0.29) is 5.91 Å². The van der Waals surface area contributed by atoms with Crippen LogP contribution in [0.3, 0.4) is 0 Å². The first kappa shape index (κ1) is 18.6. The Morgan fingerprint density at radius 1 is 0.759 bits per heavy atom. The third-order valence-electron chi connectivity index (χ3n) is 4.99. The summed E-state index contributed by atoms with van der Waals surface area (Å²) in [6.45, 7) is 1.90. The molecule has 0 spiro atoms. The molecular formula is C26H22N2O. The van der Waals surface area contributed by atoms with Crippen molar-refractivity contribution in [2.24, 2.45) is 5.10 Å². The Morgan fingerprint density at radius 3 is 2.21 bits per heavy atom. The molecular weight excluding hydrogens is 356 g/mol. The Hall–Kier alpha value is -3.72. The minimum atomic E-state index is -0.124. The SMILES string of the molecule is C/C(=N/NC(=O)Cc1cccc2ccccc12)c1ccc(-c2ccccc2)cc1. The lowest BCUT2D eigenvalue weighted by Gasteiger charge is -2.07. The summed E-state index contributed by atoms with van der Waals surface area (Å²) in [5.41, 5.74) is 7.78. The standard InChI is InChI=1S/C26H22N2O/c1-19(20-14-16-22(17-15-20)21-8-3-2-4-9-21)27-28-26(29)18-24-12-7-11-23-10-5-6-13-25(23)24/h2-17H,18H2,1H3,(H,28,29)/b27-19-. The maximum absolute atomic E-state index is 12.4. The summed E-state index contributed by atoms with van der Waals surface area (Å²) in [4.78, 5) is 12.4. The van der Waals surface area contributed by atoms with Crippen molar-refractivity contribution in [3.8, 4) is 11.1 Å². The number of amides is 1. The van der Waals surface area contributed by atoms with Gasteiger partial charge in [-0.15, -0.1) is 0 Å². The Labute approximate surface area is 170 Å². The van der Waals surface area contributed by atoms with Gasteiger partial charge in [-0.05, 0) is 39.9 Å². The molecule has 3 nitrogen and oxygen atoms in total. The van der Waals surface area contributed by atoms with Crippen molar-refractivity contribution in [1.29, 1.82) is 0 Å². The molecule has 0 bridgehead atoms. The lowest BCUT2D eigenvalue weighted by Crippen LogP contribution is -2.21. The summed E-state index contributed by atoms with van der Waals surface area (Å²) in [6.07, 6.45) is 0.297. The number of benzene rings is 4. The molecule has 4 aromatic carbocycles. The smallest absolute Gasteiger partial charge is 0.244 e. The van der Waals surface area contributed by atoms with Gasteiger partial charge in [0.1, 0.15) is 0 Å². The van der Waals surface area contributed by atoms with Gasteiger partial charge in [-0.1, -0.05) is 97.1 Å². The van der Waals surface area contributed by atoms with Gasteiger partial charge in [0.2, 0.25) is 5.91 Å². The highest BCUT2D eigenvalue weighted by Gasteiger charge is 2.07. The van der Waals surface area contributed by atoms with E-state index in [1.165, 1.54) is 5.56 Å². The number of rotatable bonds is 5. The topological polar surface area (TPSA) is 41.5 Å². The van der Waals surface area contributed by atoms with Crippen LogP contribution in [0.25, 0.3) is 21.9 Å². The monoisotopic (exact) mass is 378 g/mol. The van der Waals surface area contributed by atoms with Crippen LogP contribution in [0.1, 0.15) is 18.1 Å². The highest BCUT2D eigenvalue weighted by Crippen LogP contribution is 2.20. The van der Waals surface area contributed by atoms with Gasteiger partial charge in [0.05, 0.1) is 12.1 Å². The number of hydrogen-bond acceptors (Lipinski definition) is 2. The zero-order chi connectivity index (χ0) is 20.1. The summed E-state index contributed by atoms with van der Waals surface area (Å²) >= 11 is 0. The molecule has 0 aliphatic rings. The van der Waals surface area contributed by atoms with E-state index in [2.05, 4.69) is 46.9 Å². The number of hydrogen-bond donors (Lipinski definition) is 1. The van der Waals surface area contributed by atoms with Gasteiger partial charge in [-0.25, -0.2) is 5.43 Å². The van der Waals surface area contributed by atoms with Gasteiger partial charge < -0.3 is 0 Å². The fraction of sp³-hybridized carbons (Fsp3) is 0.0769. The Kier molecular flexibility index (Phi) is 5.48. The van der Waals surface area contributed by atoms with Crippen LogP contribution in [-0.2, 0) is 11.2 Å². The van der Waals surface area contributed by atoms with E-state index >= 15 is 0 Å². The summed E-state index contributed by atoms with van der Waals surface area (Å²) in [6, 6.07) is 32.5. The van der Waals surface area contributed by atoms with Crippen molar-refractivity contribution in [3.63, 3.8) is 0 Å². The normalized spacial score (nSPS) is 11.4. The predicted molar refractivity (Wildman–Crippen MR) is 120 cm³/mol. The van der Waals surface area contributed by atoms with Crippen molar-refractivity contribution in [2.75, 3.05) is 0 Å². The quantitative estimate of drug-likeness (QED) is 0.357. The van der Waals surface area contributed by atoms with Crippen LogP contribution in [0.5, 0.6) is 0 Å². The van der Waals surface area contributed by atoms with Crippen molar-refractivity contribution < 1.29 is 4.79 Å². The first-order chi connectivity index (χ1) is 14.2. The number of carbonyl (C=O) groups is 1. The molecule has 4 aromatic rings. The Morgan fingerprint density at radius 2 is 1.41 bits per heavy atom. The molecule has 1 amide bonds. The third kappa shape index (κ3) is 4.41. The van der Waals surface area contributed by atoms with Crippen LogP contribution < -0.4 is 5.43 Å². The molecule has 4 rings (SSSR count). The van der Waals surface area contributed by atoms with E-state index in [0.717, 1.165) is 33.2 Å². The van der Waals surface area contributed by atoms with Gasteiger partial charge in [-0.2, -0.15) is 5.10 Å². The molecule has 0 atom stereocenters. The average molecular weight is 378 g/mol. The van der Waals surface area contributed by atoms with Crippen LogP contribution in [0.15, 0.2) is 102 Å². The second kappa shape index (κ2) is 8.53. The Balaban J connectivity index is 1.43. The van der Waals surface area contributed by atoms with E-state index in [0.29, 0.717) is 6.42 Å². The van der Waals surface area contributed by atoms with E-state index in [4.69, 9.17) is 0 Å². The number of hydrazone groups is 1. The molecule has 0 aliphatic carbocycles. The number of nitrogens with one attached hydrogen (secondary N) is 1. The van der Waals surface area contributed by atoms with Gasteiger partial charge in [-0.3, -0.25) is 4.79 Å². The molecule has 0 radical (unpaired) electrons. The molecule has 3 heteroatoms. The van der Waals surface area contributed by atoms with Crippen molar-refractivity contribution in [3.05, 3.63) is 108 Å². The molecule has 0 unspecified atom stereocenters. The lowest BCUT2D eigenvalue weighted by atomic mass is 10.0. The van der Waals surface area contributed by atoms with E-state index < -0.39 is 0 Å². The van der Waals surface area contributed by atoms with Crippen LogP contribution in [0.2, 0.25) is 0 Å². The molecule has 0 heterocycles. The summed E-state index contributed by atoms with van der Waals surface area (Å²) in [5.74, 6) is -0.124. The molecule has 142 valence electrons. The molecule has 29 heavy (non-hydrogen) atoms. The number of fused-ring (bicyclic) bond motifs is 1. The first-order valence-corrected chi connectivity index (χ1v) is 9.66. The summed E-state index contributed by atoms with van der Waals surface area (Å²) in [7, 11) is 0. The fourth-order valence-electron chi connectivity index (χ4n) is 3.40. The second-order valence-electron chi connectivity index (χ2n) is 6.99. The molecule has 0 saturated carbocycles. The van der Waals surface area contributed by atoms with Crippen LogP contribution >= 0.6 is 0 Å². The van der Waals surface area contributed by atoms with Gasteiger partial charge in [0.25, 0.3) is 0 Å².